The van der Waals surface area contributed by atoms with E-state index in [1.807, 2.05) is 42.2 Å². The first-order valence-electron chi connectivity index (χ1n) is 7.82. The normalized spacial score (nSPS) is 16.7. The first-order chi connectivity index (χ1) is 10.5. The predicted octanol–water partition coefficient (Wildman–Crippen LogP) is 1.90. The van der Waals surface area contributed by atoms with Crippen molar-refractivity contribution in [1.82, 2.24) is 9.62 Å². The summed E-state index contributed by atoms with van der Waals surface area (Å²) in [6, 6.07) is 9.09. The second-order valence-electron chi connectivity index (χ2n) is 5.77. The van der Waals surface area contributed by atoms with Crippen molar-refractivity contribution < 1.29 is 13.2 Å². The zero-order valence-electron chi connectivity index (χ0n) is 13.0. The molecule has 1 saturated heterocycles. The number of benzene rings is 1. The summed E-state index contributed by atoms with van der Waals surface area (Å²) >= 11 is 0. The Labute approximate surface area is 132 Å². The first-order valence-corrected chi connectivity index (χ1v) is 9.47. The van der Waals surface area contributed by atoms with Gasteiger partial charge >= 0.3 is 0 Å². The smallest absolute Gasteiger partial charge is 0.222 e. The topological polar surface area (TPSA) is 66.5 Å². The fraction of sp³-hybridized carbons (Fsp3) is 0.562. The minimum atomic E-state index is -3.34. The molecule has 1 N–H and O–H groups in total. The van der Waals surface area contributed by atoms with Crippen molar-refractivity contribution in [3.05, 3.63) is 35.9 Å². The Hall–Kier alpha value is -1.40. The fourth-order valence-corrected chi connectivity index (χ4v) is 4.17. The van der Waals surface area contributed by atoms with E-state index in [1.54, 1.807) is 0 Å². The summed E-state index contributed by atoms with van der Waals surface area (Å²) in [6.45, 7) is 3.26. The van der Waals surface area contributed by atoms with Gasteiger partial charge in [0.15, 0.2) is 0 Å². The average Bonchev–Trinajstić information content (AvgIpc) is 2.48. The molecule has 0 saturated carbocycles. The lowest BCUT2D eigenvalue weighted by molar-refractivity contribution is -0.132. The monoisotopic (exact) mass is 324 g/mol. The van der Waals surface area contributed by atoms with Crippen LogP contribution in [0.5, 0.6) is 0 Å². The zero-order valence-corrected chi connectivity index (χ0v) is 13.8. The van der Waals surface area contributed by atoms with Crippen molar-refractivity contribution in [2.75, 3.05) is 13.1 Å². The molecule has 6 heteroatoms. The van der Waals surface area contributed by atoms with E-state index < -0.39 is 10.0 Å². The molecular formula is C16H24N2O3S. The Kier molecular flexibility index (Phi) is 5.97. The molecule has 1 aromatic carbocycles. The van der Waals surface area contributed by atoms with Crippen LogP contribution in [0.4, 0.5) is 0 Å². The van der Waals surface area contributed by atoms with E-state index in [-0.39, 0.29) is 17.7 Å². The maximum atomic E-state index is 12.2. The minimum absolute atomic E-state index is 0.00280. The second kappa shape index (κ2) is 7.74. The van der Waals surface area contributed by atoms with Crippen molar-refractivity contribution in [3.8, 4) is 0 Å². The largest absolute Gasteiger partial charge is 0.343 e. The van der Waals surface area contributed by atoms with Gasteiger partial charge < -0.3 is 4.90 Å². The number of hydrogen-bond acceptors (Lipinski definition) is 3. The third kappa shape index (κ3) is 5.10. The van der Waals surface area contributed by atoms with Crippen molar-refractivity contribution in [2.45, 2.75) is 44.4 Å². The van der Waals surface area contributed by atoms with E-state index in [0.29, 0.717) is 32.4 Å². The van der Waals surface area contributed by atoms with Crippen LogP contribution in [-0.4, -0.2) is 38.4 Å². The number of carbonyl (C=O) groups excluding carboxylic acids is 1. The summed E-state index contributed by atoms with van der Waals surface area (Å²) in [5, 5.41) is 0. The van der Waals surface area contributed by atoms with E-state index in [9.17, 15) is 13.2 Å². The molecule has 1 amide bonds. The molecule has 22 heavy (non-hydrogen) atoms. The number of amides is 1. The molecule has 122 valence electrons. The van der Waals surface area contributed by atoms with Gasteiger partial charge in [0.2, 0.25) is 15.9 Å². The molecule has 1 aromatic rings. The van der Waals surface area contributed by atoms with E-state index in [0.717, 1.165) is 12.0 Å². The molecule has 5 nitrogen and oxygen atoms in total. The molecule has 0 spiro atoms. The maximum Gasteiger partial charge on any atom is 0.222 e. The SMILES string of the molecule is CCCC(=O)N1CCC(NS(=O)(=O)Cc2ccccc2)CC1. The standard InChI is InChI=1S/C16H24N2O3S/c1-2-6-16(19)18-11-9-15(10-12-18)17-22(20,21)13-14-7-4-3-5-8-14/h3-5,7-8,15,17H,2,6,9-13H2,1H3. The van der Waals surface area contributed by atoms with Crippen LogP contribution < -0.4 is 4.72 Å². The Morgan fingerprint density at radius 2 is 1.86 bits per heavy atom. The lowest BCUT2D eigenvalue weighted by atomic mass is 10.1. The summed E-state index contributed by atoms with van der Waals surface area (Å²) in [7, 11) is -3.34. The lowest BCUT2D eigenvalue weighted by Gasteiger charge is -2.32. The van der Waals surface area contributed by atoms with E-state index >= 15 is 0 Å². The molecule has 0 radical (unpaired) electrons. The van der Waals surface area contributed by atoms with Crippen LogP contribution in [0.25, 0.3) is 0 Å². The number of sulfonamides is 1. The Bertz CT molecular complexity index is 579. The quantitative estimate of drug-likeness (QED) is 0.869. The summed E-state index contributed by atoms with van der Waals surface area (Å²) in [6.07, 6.45) is 2.79. The molecule has 0 unspecified atom stereocenters. The van der Waals surface area contributed by atoms with Gasteiger partial charge in [-0.3, -0.25) is 4.79 Å². The Balaban J connectivity index is 1.83. The van der Waals surface area contributed by atoms with Crippen molar-refractivity contribution in [3.63, 3.8) is 0 Å². The van der Waals surface area contributed by atoms with Gasteiger partial charge in [-0.1, -0.05) is 37.3 Å². The fourth-order valence-electron chi connectivity index (χ4n) is 2.71. The summed E-state index contributed by atoms with van der Waals surface area (Å²) in [4.78, 5) is 13.7. The van der Waals surface area contributed by atoms with Gasteiger partial charge in [-0.05, 0) is 24.8 Å². The second-order valence-corrected chi connectivity index (χ2v) is 7.52. The molecule has 2 rings (SSSR count). The number of carbonyl (C=O) groups is 1. The van der Waals surface area contributed by atoms with E-state index in [2.05, 4.69) is 4.72 Å². The average molecular weight is 324 g/mol. The van der Waals surface area contributed by atoms with E-state index in [4.69, 9.17) is 0 Å². The van der Waals surface area contributed by atoms with Gasteiger partial charge in [0.1, 0.15) is 0 Å². The van der Waals surface area contributed by atoms with Gasteiger partial charge in [0.05, 0.1) is 5.75 Å². The third-order valence-electron chi connectivity index (χ3n) is 3.86. The number of nitrogens with zero attached hydrogens (tertiary/aromatic N) is 1. The van der Waals surface area contributed by atoms with Gasteiger partial charge in [0, 0.05) is 25.6 Å². The van der Waals surface area contributed by atoms with Gasteiger partial charge in [-0.2, -0.15) is 0 Å². The van der Waals surface area contributed by atoms with Gasteiger partial charge in [0.25, 0.3) is 0 Å². The van der Waals surface area contributed by atoms with Crippen LogP contribution in [0.3, 0.4) is 0 Å². The van der Waals surface area contributed by atoms with Crippen LogP contribution >= 0.6 is 0 Å². The van der Waals surface area contributed by atoms with Crippen LogP contribution in [0, 0.1) is 0 Å². The molecule has 1 heterocycles. The summed E-state index contributed by atoms with van der Waals surface area (Å²) in [5.74, 6) is 0.177. The molecule has 1 aliphatic rings. The highest BCUT2D eigenvalue weighted by Crippen LogP contribution is 2.14. The van der Waals surface area contributed by atoms with Crippen LogP contribution in [0.2, 0.25) is 0 Å². The predicted molar refractivity (Wildman–Crippen MR) is 86.7 cm³/mol. The number of likely N-dealkylation sites (tertiary alicyclic amines) is 1. The summed E-state index contributed by atoms with van der Waals surface area (Å²) < 4.78 is 27.2. The number of piperidine rings is 1. The van der Waals surface area contributed by atoms with Crippen LogP contribution in [-0.2, 0) is 20.6 Å². The zero-order chi connectivity index (χ0) is 16.0. The minimum Gasteiger partial charge on any atom is -0.343 e. The molecule has 1 aliphatic heterocycles. The van der Waals surface area contributed by atoms with Crippen LogP contribution in [0.1, 0.15) is 38.2 Å². The lowest BCUT2D eigenvalue weighted by Crippen LogP contribution is -2.46. The van der Waals surface area contributed by atoms with E-state index in [1.165, 1.54) is 0 Å². The highest BCUT2D eigenvalue weighted by molar-refractivity contribution is 7.88. The highest BCUT2D eigenvalue weighted by atomic mass is 32.2. The molecular weight excluding hydrogens is 300 g/mol. The third-order valence-corrected chi connectivity index (χ3v) is 5.26. The molecule has 0 aliphatic carbocycles. The maximum absolute atomic E-state index is 12.2. The molecule has 0 bridgehead atoms. The molecule has 1 fully saturated rings. The van der Waals surface area contributed by atoms with Gasteiger partial charge in [-0.25, -0.2) is 13.1 Å². The Morgan fingerprint density at radius 3 is 2.45 bits per heavy atom. The number of nitrogens with one attached hydrogen (secondary N) is 1. The number of rotatable bonds is 6. The van der Waals surface area contributed by atoms with Crippen LogP contribution in [0.15, 0.2) is 30.3 Å². The van der Waals surface area contributed by atoms with Gasteiger partial charge in [-0.15, -0.1) is 0 Å². The first kappa shape index (κ1) is 17.0. The molecule has 0 aromatic heterocycles. The Morgan fingerprint density at radius 1 is 1.23 bits per heavy atom. The highest BCUT2D eigenvalue weighted by Gasteiger charge is 2.25. The van der Waals surface area contributed by atoms with Crippen molar-refractivity contribution in [1.29, 1.82) is 0 Å². The summed E-state index contributed by atoms with van der Waals surface area (Å²) in [5.41, 5.74) is 0.783. The van der Waals surface area contributed by atoms with Crippen molar-refractivity contribution in [2.24, 2.45) is 0 Å². The van der Waals surface area contributed by atoms with Crippen molar-refractivity contribution >= 4 is 15.9 Å². The number of hydrogen-bond donors (Lipinski definition) is 1. The molecule has 0 atom stereocenters.